The molecule has 0 unspecified atom stereocenters. The molecule has 3 aliphatic rings. The fourth-order valence-electron chi connectivity index (χ4n) is 4.97. The van der Waals surface area contributed by atoms with Crippen molar-refractivity contribution in [3.63, 3.8) is 0 Å². The molecule has 1 aromatic carbocycles. The SMILES string of the molecule is NC(=O)c1ccc2c(c1O)CCCN(CC1CC1)[C@@H](C1(O)CCC(=O)CC1)C2. The number of carbonyl (C=O) groups is 2. The highest BCUT2D eigenvalue weighted by molar-refractivity contribution is 5.96. The zero-order valence-corrected chi connectivity index (χ0v) is 16.3. The number of nitrogens with zero attached hydrogens (tertiary/aromatic N) is 1. The van der Waals surface area contributed by atoms with Crippen LogP contribution in [0, 0.1) is 5.92 Å². The molecule has 1 aromatic rings. The van der Waals surface area contributed by atoms with E-state index in [1.165, 1.54) is 12.8 Å². The number of aliphatic hydroxyl groups is 1. The molecule has 0 aromatic heterocycles. The fourth-order valence-corrected chi connectivity index (χ4v) is 4.97. The predicted octanol–water partition coefficient (Wildman–Crippen LogP) is 1.93. The summed E-state index contributed by atoms with van der Waals surface area (Å²) in [6.07, 6.45) is 6.51. The van der Waals surface area contributed by atoms with E-state index in [9.17, 15) is 19.8 Å². The topological polar surface area (TPSA) is 104 Å². The van der Waals surface area contributed by atoms with Gasteiger partial charge in [-0.25, -0.2) is 0 Å². The van der Waals surface area contributed by atoms with Gasteiger partial charge in [0.2, 0.25) is 0 Å². The first-order valence-corrected chi connectivity index (χ1v) is 10.5. The summed E-state index contributed by atoms with van der Waals surface area (Å²) in [5.41, 5.74) is 6.42. The normalized spacial score (nSPS) is 25.6. The van der Waals surface area contributed by atoms with Crippen LogP contribution in [0.4, 0.5) is 0 Å². The van der Waals surface area contributed by atoms with Gasteiger partial charge in [0, 0.05) is 25.4 Å². The summed E-state index contributed by atoms with van der Waals surface area (Å²) < 4.78 is 0. The van der Waals surface area contributed by atoms with Crippen LogP contribution in [0.5, 0.6) is 5.75 Å². The van der Waals surface area contributed by atoms with Crippen molar-refractivity contribution < 1.29 is 19.8 Å². The minimum Gasteiger partial charge on any atom is -0.507 e. The summed E-state index contributed by atoms with van der Waals surface area (Å²) in [5.74, 6) is 0.304. The van der Waals surface area contributed by atoms with Crippen LogP contribution < -0.4 is 5.73 Å². The number of hydrogen-bond donors (Lipinski definition) is 3. The van der Waals surface area contributed by atoms with Crippen LogP contribution in [0.2, 0.25) is 0 Å². The first-order chi connectivity index (χ1) is 13.4. The minimum absolute atomic E-state index is 0.00907. The molecule has 2 aliphatic carbocycles. The van der Waals surface area contributed by atoms with Crippen LogP contribution in [0.25, 0.3) is 0 Å². The number of phenols is 1. The van der Waals surface area contributed by atoms with Crippen molar-refractivity contribution in [2.24, 2.45) is 11.7 Å². The Hall–Kier alpha value is -1.92. The van der Waals surface area contributed by atoms with Gasteiger partial charge >= 0.3 is 0 Å². The highest BCUT2D eigenvalue weighted by Crippen LogP contribution is 2.39. The molecule has 1 atom stereocenters. The zero-order valence-electron chi connectivity index (χ0n) is 16.3. The number of aromatic hydroxyl groups is 1. The molecule has 0 spiro atoms. The third-order valence-corrected chi connectivity index (χ3v) is 6.85. The molecule has 1 heterocycles. The first-order valence-electron chi connectivity index (χ1n) is 10.5. The van der Waals surface area contributed by atoms with E-state index >= 15 is 0 Å². The average Bonchev–Trinajstić information content (AvgIpc) is 3.45. The Balaban J connectivity index is 1.68. The standard InChI is InChI=1S/C22H30N2O4/c23-21(27)18-6-5-15-12-19(22(28)9-7-16(25)8-10-22)24(13-14-3-4-14)11-1-2-17(15)20(18)26/h5-6,14,19,26,28H,1-4,7-13H2,(H2,23,27)/t19-/m1/s1. The number of amides is 1. The maximum atomic E-state index is 11.8. The van der Waals surface area contributed by atoms with Crippen molar-refractivity contribution in [1.29, 1.82) is 0 Å². The maximum absolute atomic E-state index is 11.8. The molecule has 6 heteroatoms. The molecule has 152 valence electrons. The Morgan fingerprint density at radius 1 is 1.21 bits per heavy atom. The van der Waals surface area contributed by atoms with Crippen molar-refractivity contribution in [2.45, 2.75) is 69.4 Å². The van der Waals surface area contributed by atoms with Crippen molar-refractivity contribution >= 4 is 11.7 Å². The van der Waals surface area contributed by atoms with E-state index in [0.717, 1.165) is 30.6 Å². The zero-order chi connectivity index (χ0) is 19.9. The highest BCUT2D eigenvalue weighted by atomic mass is 16.3. The van der Waals surface area contributed by atoms with Crippen LogP contribution in [0.3, 0.4) is 0 Å². The van der Waals surface area contributed by atoms with Gasteiger partial charge in [-0.3, -0.25) is 14.5 Å². The lowest BCUT2D eigenvalue weighted by Gasteiger charge is -2.46. The quantitative estimate of drug-likeness (QED) is 0.734. The number of carbonyl (C=O) groups excluding carboxylic acids is 2. The number of hydrogen-bond acceptors (Lipinski definition) is 5. The van der Waals surface area contributed by atoms with E-state index in [1.807, 2.05) is 6.07 Å². The Morgan fingerprint density at radius 2 is 1.93 bits per heavy atom. The second-order valence-electron chi connectivity index (χ2n) is 8.87. The monoisotopic (exact) mass is 386 g/mol. The number of primary amides is 1. The third-order valence-electron chi connectivity index (χ3n) is 6.85. The van der Waals surface area contributed by atoms with Crippen LogP contribution >= 0.6 is 0 Å². The molecular weight excluding hydrogens is 356 g/mol. The van der Waals surface area contributed by atoms with Gasteiger partial charge in [0.25, 0.3) is 5.91 Å². The summed E-state index contributed by atoms with van der Waals surface area (Å²) in [6, 6.07) is 3.38. The number of fused-ring (bicyclic) bond motifs is 1. The first kappa shape index (κ1) is 19.4. The molecule has 2 saturated carbocycles. The third kappa shape index (κ3) is 3.80. The van der Waals surface area contributed by atoms with E-state index < -0.39 is 11.5 Å². The highest BCUT2D eigenvalue weighted by Gasteiger charge is 2.44. The van der Waals surface area contributed by atoms with Crippen molar-refractivity contribution in [3.8, 4) is 5.75 Å². The van der Waals surface area contributed by atoms with Gasteiger partial charge in [0.1, 0.15) is 11.5 Å². The van der Waals surface area contributed by atoms with Crippen molar-refractivity contribution in [1.82, 2.24) is 4.90 Å². The lowest BCUT2D eigenvalue weighted by atomic mass is 9.75. The van der Waals surface area contributed by atoms with E-state index in [1.54, 1.807) is 6.07 Å². The Labute approximate surface area is 165 Å². The Morgan fingerprint density at radius 3 is 2.57 bits per heavy atom. The number of benzene rings is 1. The van der Waals surface area contributed by atoms with E-state index in [2.05, 4.69) is 4.90 Å². The molecule has 0 bridgehead atoms. The Kier molecular flexibility index (Phi) is 5.19. The molecule has 6 nitrogen and oxygen atoms in total. The second-order valence-corrected chi connectivity index (χ2v) is 8.87. The largest absolute Gasteiger partial charge is 0.507 e. The van der Waals surface area contributed by atoms with E-state index in [0.29, 0.717) is 44.4 Å². The molecule has 4 rings (SSSR count). The molecule has 1 amide bonds. The van der Waals surface area contributed by atoms with Gasteiger partial charge in [0.15, 0.2) is 0 Å². The molecule has 28 heavy (non-hydrogen) atoms. The van der Waals surface area contributed by atoms with E-state index in [-0.39, 0.29) is 23.1 Å². The summed E-state index contributed by atoms with van der Waals surface area (Å²) >= 11 is 0. The lowest BCUT2D eigenvalue weighted by molar-refractivity contribution is -0.130. The number of ketones is 1. The lowest BCUT2D eigenvalue weighted by Crippen LogP contribution is -2.56. The van der Waals surface area contributed by atoms with Gasteiger partial charge in [0.05, 0.1) is 11.2 Å². The van der Waals surface area contributed by atoms with Crippen molar-refractivity contribution in [2.75, 3.05) is 13.1 Å². The average molecular weight is 386 g/mol. The molecule has 1 aliphatic heterocycles. The summed E-state index contributed by atoms with van der Waals surface area (Å²) in [5, 5.41) is 22.2. The summed E-state index contributed by atoms with van der Waals surface area (Å²) in [7, 11) is 0. The van der Waals surface area contributed by atoms with Crippen LogP contribution in [-0.4, -0.2) is 51.5 Å². The van der Waals surface area contributed by atoms with Crippen LogP contribution in [0.15, 0.2) is 12.1 Å². The van der Waals surface area contributed by atoms with Gasteiger partial charge in [-0.1, -0.05) is 6.07 Å². The predicted molar refractivity (Wildman–Crippen MR) is 105 cm³/mol. The summed E-state index contributed by atoms with van der Waals surface area (Å²) in [6.45, 7) is 1.83. The molecule has 0 radical (unpaired) electrons. The fraction of sp³-hybridized carbons (Fsp3) is 0.636. The van der Waals surface area contributed by atoms with E-state index in [4.69, 9.17) is 5.73 Å². The minimum atomic E-state index is -0.893. The molecular formula is C22H30N2O4. The number of rotatable bonds is 4. The van der Waals surface area contributed by atoms with Gasteiger partial charge in [-0.2, -0.15) is 0 Å². The second kappa shape index (κ2) is 7.48. The number of nitrogens with two attached hydrogens (primary N) is 1. The molecule has 0 saturated heterocycles. The molecule has 4 N–H and O–H groups in total. The number of Topliss-reactive ketones (excluding diaryl/α,β-unsaturated/α-hetero) is 1. The van der Waals surface area contributed by atoms with Gasteiger partial charge in [-0.05, 0) is 74.6 Å². The van der Waals surface area contributed by atoms with Gasteiger partial charge < -0.3 is 15.9 Å². The van der Waals surface area contributed by atoms with Crippen LogP contribution in [-0.2, 0) is 17.6 Å². The summed E-state index contributed by atoms with van der Waals surface area (Å²) in [4.78, 5) is 25.8. The molecule has 2 fully saturated rings. The van der Waals surface area contributed by atoms with Crippen LogP contribution in [0.1, 0.15) is 66.4 Å². The van der Waals surface area contributed by atoms with Crippen molar-refractivity contribution in [3.05, 3.63) is 28.8 Å². The maximum Gasteiger partial charge on any atom is 0.252 e. The van der Waals surface area contributed by atoms with Gasteiger partial charge in [-0.15, -0.1) is 0 Å². The smallest absolute Gasteiger partial charge is 0.252 e. The Bertz CT molecular complexity index is 777.